The number of piperidine rings is 1. The Hall–Kier alpha value is -1.26. The van der Waals surface area contributed by atoms with E-state index in [1.165, 1.54) is 0 Å². The van der Waals surface area contributed by atoms with Gasteiger partial charge in [-0.25, -0.2) is 0 Å². The van der Waals surface area contributed by atoms with Crippen molar-refractivity contribution in [2.24, 2.45) is 5.41 Å². The van der Waals surface area contributed by atoms with Crippen LogP contribution in [0, 0.1) is 5.41 Å². The topological polar surface area (TPSA) is 49.4 Å². The number of carbonyl (C=O) groups is 2. The fourth-order valence-electron chi connectivity index (χ4n) is 2.64. The minimum absolute atomic E-state index is 0.0431. The molecule has 2 rings (SSSR count). The zero-order valence-electron chi connectivity index (χ0n) is 13.7. The molecule has 0 aliphatic carbocycles. The van der Waals surface area contributed by atoms with Crippen LogP contribution in [0.4, 0.5) is 0 Å². The molecule has 0 spiro atoms. The molecule has 1 saturated heterocycles. The fourth-order valence-corrected chi connectivity index (χ4v) is 3.01. The van der Waals surface area contributed by atoms with Crippen LogP contribution in [0.1, 0.15) is 44.0 Å². The number of halogens is 2. The molecule has 4 nitrogen and oxygen atoms in total. The smallest absolute Gasteiger partial charge is 0.253 e. The lowest BCUT2D eigenvalue weighted by molar-refractivity contribution is -0.140. The Morgan fingerprint density at radius 2 is 1.78 bits per heavy atom. The lowest BCUT2D eigenvalue weighted by Crippen LogP contribution is -2.49. The summed E-state index contributed by atoms with van der Waals surface area (Å²) in [6.45, 7) is 7.08. The molecule has 1 heterocycles. The van der Waals surface area contributed by atoms with Crippen molar-refractivity contribution in [2.75, 3.05) is 13.1 Å². The first-order chi connectivity index (χ1) is 10.7. The van der Waals surface area contributed by atoms with Crippen molar-refractivity contribution in [1.82, 2.24) is 10.2 Å². The SMILES string of the molecule is CC(C)(C)C(=O)N1CCC(NC(=O)c2cc(Cl)ccc2Cl)CC1. The zero-order chi connectivity index (χ0) is 17.2. The summed E-state index contributed by atoms with van der Waals surface area (Å²) in [7, 11) is 0. The van der Waals surface area contributed by atoms with Crippen molar-refractivity contribution in [1.29, 1.82) is 0 Å². The lowest BCUT2D eigenvalue weighted by atomic mass is 9.93. The van der Waals surface area contributed by atoms with Crippen LogP contribution in [-0.2, 0) is 4.79 Å². The van der Waals surface area contributed by atoms with E-state index in [2.05, 4.69) is 5.32 Å². The highest BCUT2D eigenvalue weighted by Gasteiger charge is 2.30. The van der Waals surface area contributed by atoms with Gasteiger partial charge in [0.15, 0.2) is 0 Å². The summed E-state index contributed by atoms with van der Waals surface area (Å²) in [5.41, 5.74) is 0.0112. The summed E-state index contributed by atoms with van der Waals surface area (Å²) < 4.78 is 0. The number of nitrogens with zero attached hydrogens (tertiary/aromatic N) is 1. The Morgan fingerprint density at radius 3 is 2.35 bits per heavy atom. The van der Waals surface area contributed by atoms with E-state index in [9.17, 15) is 9.59 Å². The molecule has 0 saturated carbocycles. The van der Waals surface area contributed by atoms with Gasteiger partial charge in [-0.2, -0.15) is 0 Å². The molecule has 0 radical (unpaired) electrons. The van der Waals surface area contributed by atoms with Gasteiger partial charge >= 0.3 is 0 Å². The van der Waals surface area contributed by atoms with Gasteiger partial charge < -0.3 is 10.2 Å². The Labute approximate surface area is 147 Å². The van der Waals surface area contributed by atoms with E-state index in [0.717, 1.165) is 12.8 Å². The number of carbonyl (C=O) groups excluding carboxylic acids is 2. The number of hydrogen-bond donors (Lipinski definition) is 1. The van der Waals surface area contributed by atoms with Crippen LogP contribution in [0.15, 0.2) is 18.2 Å². The summed E-state index contributed by atoms with van der Waals surface area (Å²) in [5.74, 6) is -0.0711. The number of hydrogen-bond acceptors (Lipinski definition) is 2. The summed E-state index contributed by atoms with van der Waals surface area (Å²) in [5, 5.41) is 3.84. The number of nitrogens with one attached hydrogen (secondary N) is 1. The van der Waals surface area contributed by atoms with E-state index in [4.69, 9.17) is 23.2 Å². The van der Waals surface area contributed by atoms with E-state index in [1.54, 1.807) is 18.2 Å². The first kappa shape index (κ1) is 18.1. The lowest BCUT2D eigenvalue weighted by Gasteiger charge is -2.36. The van der Waals surface area contributed by atoms with Crippen molar-refractivity contribution in [2.45, 2.75) is 39.7 Å². The average molecular weight is 357 g/mol. The third-order valence-corrected chi connectivity index (χ3v) is 4.50. The number of amides is 2. The highest BCUT2D eigenvalue weighted by atomic mass is 35.5. The molecule has 0 aromatic heterocycles. The van der Waals surface area contributed by atoms with Crippen molar-refractivity contribution in [3.8, 4) is 0 Å². The Balaban J connectivity index is 1.93. The van der Waals surface area contributed by atoms with Gasteiger partial charge in [0.2, 0.25) is 5.91 Å². The van der Waals surface area contributed by atoms with Crippen LogP contribution >= 0.6 is 23.2 Å². The van der Waals surface area contributed by atoms with Crippen LogP contribution in [0.2, 0.25) is 10.0 Å². The van der Waals surface area contributed by atoms with Gasteiger partial charge in [-0.05, 0) is 31.0 Å². The highest BCUT2D eigenvalue weighted by Crippen LogP contribution is 2.23. The molecule has 126 valence electrons. The quantitative estimate of drug-likeness (QED) is 0.876. The molecule has 6 heteroatoms. The zero-order valence-corrected chi connectivity index (χ0v) is 15.2. The Kier molecular flexibility index (Phi) is 5.58. The average Bonchev–Trinajstić information content (AvgIpc) is 2.48. The third kappa shape index (κ3) is 4.61. The molecule has 2 amide bonds. The Morgan fingerprint density at radius 1 is 1.17 bits per heavy atom. The number of likely N-dealkylation sites (tertiary alicyclic amines) is 1. The molecule has 0 bridgehead atoms. The Bertz CT molecular complexity index is 603. The van der Waals surface area contributed by atoms with Crippen molar-refractivity contribution in [3.63, 3.8) is 0 Å². The molecular formula is C17H22Cl2N2O2. The van der Waals surface area contributed by atoms with Gasteiger partial charge in [-0.3, -0.25) is 9.59 Å². The summed E-state index contributed by atoms with van der Waals surface area (Å²) in [6.07, 6.45) is 1.48. The second kappa shape index (κ2) is 7.10. The minimum atomic E-state index is -0.371. The summed E-state index contributed by atoms with van der Waals surface area (Å²) >= 11 is 12.0. The molecule has 1 fully saturated rings. The normalized spacial score (nSPS) is 16.3. The maximum atomic E-state index is 12.3. The monoisotopic (exact) mass is 356 g/mol. The van der Waals surface area contributed by atoms with Crippen LogP contribution in [-0.4, -0.2) is 35.8 Å². The summed E-state index contributed by atoms with van der Waals surface area (Å²) in [6, 6.07) is 4.87. The molecule has 1 aliphatic rings. The van der Waals surface area contributed by atoms with Crippen LogP contribution in [0.5, 0.6) is 0 Å². The van der Waals surface area contributed by atoms with Crippen LogP contribution in [0.25, 0.3) is 0 Å². The van der Waals surface area contributed by atoms with E-state index >= 15 is 0 Å². The summed E-state index contributed by atoms with van der Waals surface area (Å²) in [4.78, 5) is 26.5. The van der Waals surface area contributed by atoms with Gasteiger partial charge in [0, 0.05) is 29.6 Å². The molecule has 0 unspecified atom stereocenters. The molecule has 1 N–H and O–H groups in total. The highest BCUT2D eigenvalue weighted by molar-refractivity contribution is 6.35. The maximum Gasteiger partial charge on any atom is 0.253 e. The molecule has 1 aromatic rings. The standard InChI is InChI=1S/C17H22Cl2N2O2/c1-17(2,3)16(23)21-8-6-12(7-9-21)20-15(22)13-10-11(18)4-5-14(13)19/h4-5,10,12H,6-9H2,1-3H3,(H,20,22). The minimum Gasteiger partial charge on any atom is -0.349 e. The second-order valence-electron chi connectivity index (χ2n) is 6.91. The molecule has 23 heavy (non-hydrogen) atoms. The van der Waals surface area contributed by atoms with E-state index in [-0.39, 0.29) is 23.3 Å². The van der Waals surface area contributed by atoms with Crippen LogP contribution < -0.4 is 5.32 Å². The van der Waals surface area contributed by atoms with Crippen molar-refractivity contribution >= 4 is 35.0 Å². The molecule has 1 aliphatic heterocycles. The van der Waals surface area contributed by atoms with Crippen LogP contribution in [0.3, 0.4) is 0 Å². The maximum absolute atomic E-state index is 12.3. The molecular weight excluding hydrogens is 335 g/mol. The van der Waals surface area contributed by atoms with Crippen molar-refractivity contribution < 1.29 is 9.59 Å². The van der Waals surface area contributed by atoms with Gasteiger partial charge in [0.25, 0.3) is 5.91 Å². The molecule has 1 aromatic carbocycles. The van der Waals surface area contributed by atoms with Crippen molar-refractivity contribution in [3.05, 3.63) is 33.8 Å². The number of rotatable bonds is 2. The second-order valence-corrected chi connectivity index (χ2v) is 7.76. The first-order valence-electron chi connectivity index (χ1n) is 7.74. The van der Waals surface area contributed by atoms with Gasteiger partial charge in [0.1, 0.15) is 0 Å². The third-order valence-electron chi connectivity index (χ3n) is 3.93. The van der Waals surface area contributed by atoms with Gasteiger partial charge in [0.05, 0.1) is 10.6 Å². The van der Waals surface area contributed by atoms with Gasteiger partial charge in [-0.15, -0.1) is 0 Å². The number of benzene rings is 1. The fraction of sp³-hybridized carbons (Fsp3) is 0.529. The van der Waals surface area contributed by atoms with E-state index in [0.29, 0.717) is 28.7 Å². The first-order valence-corrected chi connectivity index (χ1v) is 8.49. The predicted molar refractivity (Wildman–Crippen MR) is 93.0 cm³/mol. The van der Waals surface area contributed by atoms with E-state index in [1.807, 2.05) is 25.7 Å². The largest absolute Gasteiger partial charge is 0.349 e. The van der Waals surface area contributed by atoms with E-state index < -0.39 is 0 Å². The predicted octanol–water partition coefficient (Wildman–Crippen LogP) is 3.76. The van der Waals surface area contributed by atoms with Gasteiger partial charge in [-0.1, -0.05) is 44.0 Å². The molecule has 0 atom stereocenters.